The Morgan fingerprint density at radius 1 is 1.06 bits per heavy atom. The van der Waals surface area contributed by atoms with Crippen LogP contribution in [0.2, 0.25) is 0 Å². The molecule has 0 fully saturated rings. The monoisotopic (exact) mass is 564 g/mol. The number of nitrogens with zero attached hydrogens (tertiary/aromatic N) is 2. The molecular formula is C24H29BrN4O3S2. The third-order valence-electron chi connectivity index (χ3n) is 5.55. The highest BCUT2D eigenvalue weighted by Gasteiger charge is 2.30. The van der Waals surface area contributed by atoms with Gasteiger partial charge in [-0.2, -0.15) is 4.72 Å². The Balaban J connectivity index is 1.78. The summed E-state index contributed by atoms with van der Waals surface area (Å²) in [6, 6.07) is 13.4. The van der Waals surface area contributed by atoms with E-state index in [0.29, 0.717) is 16.6 Å². The number of sulfonamides is 1. The first kappa shape index (κ1) is 26.5. The van der Waals surface area contributed by atoms with Gasteiger partial charge in [-0.05, 0) is 41.2 Å². The fourth-order valence-corrected chi connectivity index (χ4v) is 5.52. The fraction of sp³-hybridized carbons (Fsp3) is 0.375. The van der Waals surface area contributed by atoms with Crippen molar-refractivity contribution in [1.29, 1.82) is 0 Å². The van der Waals surface area contributed by atoms with E-state index in [-0.39, 0.29) is 16.2 Å². The van der Waals surface area contributed by atoms with E-state index in [4.69, 9.17) is 0 Å². The number of nitrogens with one attached hydrogen (secondary N) is 2. The molecule has 0 radical (unpaired) electrons. The predicted molar refractivity (Wildman–Crippen MR) is 140 cm³/mol. The van der Waals surface area contributed by atoms with Crippen molar-refractivity contribution in [2.75, 3.05) is 5.32 Å². The van der Waals surface area contributed by atoms with Crippen LogP contribution in [0.5, 0.6) is 0 Å². The van der Waals surface area contributed by atoms with E-state index in [1.807, 2.05) is 38.1 Å². The Hall–Kier alpha value is -2.14. The first-order valence-electron chi connectivity index (χ1n) is 10.9. The highest BCUT2D eigenvalue weighted by atomic mass is 79.9. The highest BCUT2D eigenvalue weighted by Crippen LogP contribution is 2.28. The molecule has 0 saturated carbocycles. The lowest BCUT2D eigenvalue weighted by molar-refractivity contribution is -0.118. The van der Waals surface area contributed by atoms with Crippen LogP contribution in [0.1, 0.15) is 46.6 Å². The zero-order chi connectivity index (χ0) is 25.1. The summed E-state index contributed by atoms with van der Waals surface area (Å²) in [5.74, 6) is -0.703. The molecule has 3 rings (SSSR count). The predicted octanol–water partition coefficient (Wildman–Crippen LogP) is 5.60. The van der Waals surface area contributed by atoms with Gasteiger partial charge >= 0.3 is 0 Å². The maximum atomic E-state index is 13.1. The summed E-state index contributed by atoms with van der Waals surface area (Å²) in [7, 11) is -3.90. The third-order valence-corrected chi connectivity index (χ3v) is 8.43. The van der Waals surface area contributed by atoms with Crippen LogP contribution >= 0.6 is 27.3 Å². The van der Waals surface area contributed by atoms with Crippen molar-refractivity contribution < 1.29 is 13.2 Å². The van der Waals surface area contributed by atoms with Crippen molar-refractivity contribution >= 4 is 48.3 Å². The molecule has 2 N–H and O–H groups in total. The summed E-state index contributed by atoms with van der Waals surface area (Å²) in [5, 5.41) is 11.9. The van der Waals surface area contributed by atoms with Crippen LogP contribution in [0, 0.1) is 5.92 Å². The zero-order valence-corrected chi connectivity index (χ0v) is 23.0. The number of benzene rings is 2. The molecule has 1 aromatic heterocycles. The number of rotatable bonds is 8. The number of hydrogen-bond donors (Lipinski definition) is 2. The molecule has 0 bridgehead atoms. The molecule has 2 atom stereocenters. The van der Waals surface area contributed by atoms with Crippen LogP contribution in [-0.2, 0) is 20.2 Å². The van der Waals surface area contributed by atoms with Crippen LogP contribution < -0.4 is 10.0 Å². The average Bonchev–Trinajstić information content (AvgIpc) is 3.25. The Kier molecular flexibility index (Phi) is 8.28. The third kappa shape index (κ3) is 6.50. The summed E-state index contributed by atoms with van der Waals surface area (Å²) in [4.78, 5) is 13.2. The Morgan fingerprint density at radius 2 is 1.68 bits per heavy atom. The molecule has 3 aromatic rings. The van der Waals surface area contributed by atoms with E-state index in [1.165, 1.54) is 11.3 Å². The smallest absolute Gasteiger partial charge is 0.244 e. The van der Waals surface area contributed by atoms with Crippen molar-refractivity contribution in [2.45, 2.75) is 57.4 Å². The summed E-state index contributed by atoms with van der Waals surface area (Å²) in [6.07, 6.45) is 0.615. The largest absolute Gasteiger partial charge is 0.299 e. The summed E-state index contributed by atoms with van der Waals surface area (Å²) in [5.41, 5.74) is 1.81. The molecule has 182 valence electrons. The van der Waals surface area contributed by atoms with Gasteiger partial charge in [0.25, 0.3) is 0 Å². The van der Waals surface area contributed by atoms with Crippen LogP contribution in [0.15, 0.2) is 57.9 Å². The molecule has 10 heteroatoms. The number of carbonyl (C=O) groups excluding carboxylic acids is 1. The molecule has 0 aliphatic rings. The van der Waals surface area contributed by atoms with Gasteiger partial charge in [0.15, 0.2) is 0 Å². The van der Waals surface area contributed by atoms with E-state index in [9.17, 15) is 13.2 Å². The van der Waals surface area contributed by atoms with Gasteiger partial charge in [-0.25, -0.2) is 8.42 Å². The number of amides is 1. The number of hydrogen-bond acceptors (Lipinski definition) is 6. The van der Waals surface area contributed by atoms with Crippen molar-refractivity contribution in [1.82, 2.24) is 14.9 Å². The van der Waals surface area contributed by atoms with Crippen LogP contribution in [-0.4, -0.2) is 30.6 Å². The van der Waals surface area contributed by atoms with Crippen LogP contribution in [0.25, 0.3) is 10.6 Å². The van der Waals surface area contributed by atoms with Gasteiger partial charge in [0, 0.05) is 10.0 Å². The normalized spacial score (nSPS) is 13.9. The Bertz CT molecular complexity index is 1230. The molecule has 1 heterocycles. The highest BCUT2D eigenvalue weighted by molar-refractivity contribution is 9.10. The molecule has 34 heavy (non-hydrogen) atoms. The van der Waals surface area contributed by atoms with E-state index in [0.717, 1.165) is 15.6 Å². The number of aromatic nitrogens is 2. The first-order chi connectivity index (χ1) is 15.9. The minimum Gasteiger partial charge on any atom is -0.299 e. The summed E-state index contributed by atoms with van der Waals surface area (Å²) >= 11 is 4.63. The standard InChI is InChI=1S/C24H29BrN4O3S2/c1-6-15(2)20(29-34(31,32)19-13-9-17(10-14-19)24(3,4)5)21(30)26-23-28-27-22(33-23)16-7-11-18(25)12-8-16/h7-15,20,29H,6H2,1-5H3,(H,26,28,30). The molecular weight excluding hydrogens is 536 g/mol. The van der Waals surface area contributed by atoms with Gasteiger partial charge in [-0.1, -0.05) is 92.6 Å². The zero-order valence-electron chi connectivity index (χ0n) is 19.8. The number of halogens is 1. The lowest BCUT2D eigenvalue weighted by atomic mass is 9.87. The van der Waals surface area contributed by atoms with Crippen molar-refractivity contribution in [3.8, 4) is 10.6 Å². The lowest BCUT2D eigenvalue weighted by Crippen LogP contribution is -2.47. The molecule has 0 saturated heterocycles. The summed E-state index contributed by atoms with van der Waals surface area (Å²) in [6.45, 7) is 9.94. The SMILES string of the molecule is CCC(C)C(NS(=O)(=O)c1ccc(C(C)(C)C)cc1)C(=O)Nc1nnc(-c2ccc(Br)cc2)s1. The van der Waals surface area contributed by atoms with Crippen molar-refractivity contribution in [3.05, 3.63) is 58.6 Å². The van der Waals surface area contributed by atoms with Gasteiger partial charge in [0.1, 0.15) is 11.0 Å². The second-order valence-corrected chi connectivity index (χ2v) is 12.8. The first-order valence-corrected chi connectivity index (χ1v) is 14.0. The molecule has 2 aromatic carbocycles. The average molecular weight is 566 g/mol. The maximum absolute atomic E-state index is 13.1. The molecule has 0 aliphatic carbocycles. The van der Waals surface area contributed by atoms with E-state index in [1.54, 1.807) is 24.3 Å². The van der Waals surface area contributed by atoms with Crippen LogP contribution in [0.3, 0.4) is 0 Å². The molecule has 0 aliphatic heterocycles. The second kappa shape index (κ2) is 10.6. The van der Waals surface area contributed by atoms with E-state index >= 15 is 0 Å². The van der Waals surface area contributed by atoms with Crippen molar-refractivity contribution in [3.63, 3.8) is 0 Å². The van der Waals surface area contributed by atoms with Gasteiger partial charge in [0.05, 0.1) is 4.90 Å². The van der Waals surface area contributed by atoms with Gasteiger partial charge in [-0.3, -0.25) is 10.1 Å². The minimum absolute atomic E-state index is 0.0916. The molecule has 1 amide bonds. The summed E-state index contributed by atoms with van der Waals surface area (Å²) < 4.78 is 29.7. The lowest BCUT2D eigenvalue weighted by Gasteiger charge is -2.23. The molecule has 2 unspecified atom stereocenters. The Labute approximate surface area is 213 Å². The fourth-order valence-electron chi connectivity index (χ4n) is 3.20. The van der Waals surface area contributed by atoms with Gasteiger partial charge < -0.3 is 0 Å². The maximum Gasteiger partial charge on any atom is 0.244 e. The topological polar surface area (TPSA) is 101 Å². The quantitative estimate of drug-likeness (QED) is 0.371. The molecule has 0 spiro atoms. The van der Waals surface area contributed by atoms with Gasteiger partial charge in [0.2, 0.25) is 21.1 Å². The van der Waals surface area contributed by atoms with E-state index < -0.39 is 22.0 Å². The minimum atomic E-state index is -3.90. The molecule has 7 nitrogen and oxygen atoms in total. The Morgan fingerprint density at radius 3 is 2.24 bits per heavy atom. The second-order valence-electron chi connectivity index (χ2n) is 9.17. The van der Waals surface area contributed by atoms with Crippen molar-refractivity contribution in [2.24, 2.45) is 5.92 Å². The van der Waals surface area contributed by atoms with Gasteiger partial charge in [-0.15, -0.1) is 10.2 Å². The number of carbonyl (C=O) groups is 1. The number of anilines is 1. The van der Waals surface area contributed by atoms with E-state index in [2.05, 4.69) is 56.9 Å². The van der Waals surface area contributed by atoms with Crippen LogP contribution in [0.4, 0.5) is 5.13 Å².